The third-order valence-electron chi connectivity index (χ3n) is 1.61. The highest BCUT2D eigenvalue weighted by atomic mass is 19.1. The van der Waals surface area contributed by atoms with Crippen molar-refractivity contribution in [1.82, 2.24) is 0 Å². The van der Waals surface area contributed by atoms with Crippen molar-refractivity contribution in [3.8, 4) is 0 Å². The molecule has 0 aliphatic carbocycles. The van der Waals surface area contributed by atoms with Crippen molar-refractivity contribution in [3.05, 3.63) is 35.4 Å². The summed E-state index contributed by atoms with van der Waals surface area (Å²) in [4.78, 5) is 4.12. The predicted molar refractivity (Wildman–Crippen MR) is 56.8 cm³/mol. The smallest absolute Gasteiger partial charge is 0.126 e. The molecule has 0 aliphatic heterocycles. The van der Waals surface area contributed by atoms with E-state index in [1.165, 1.54) is 0 Å². The van der Waals surface area contributed by atoms with Crippen LogP contribution in [0.1, 0.15) is 26.3 Å². The Balaban J connectivity index is 3.11. The van der Waals surface area contributed by atoms with E-state index in [2.05, 4.69) is 4.99 Å². The zero-order valence-corrected chi connectivity index (χ0v) is 9.01. The molecule has 0 bridgehead atoms. The summed E-state index contributed by atoms with van der Waals surface area (Å²) in [5, 5.41) is 0. The third-order valence-corrected chi connectivity index (χ3v) is 1.61. The first-order chi connectivity index (χ1) is 6.78. The van der Waals surface area contributed by atoms with Crippen LogP contribution in [0.25, 0.3) is 0 Å². The van der Waals surface area contributed by atoms with Gasteiger partial charge in [0.05, 0.1) is 5.54 Å². The fourth-order valence-corrected chi connectivity index (χ4v) is 1.13. The minimum atomic E-state index is -0.656. The van der Waals surface area contributed by atoms with Crippen molar-refractivity contribution in [3.63, 3.8) is 0 Å². The van der Waals surface area contributed by atoms with Crippen LogP contribution in [-0.2, 0) is 0 Å². The van der Waals surface area contributed by atoms with Crippen molar-refractivity contribution in [1.29, 1.82) is 0 Å². The molecular weight excluding hydrogens is 198 g/mol. The molecule has 2 N–H and O–H groups in total. The maximum absolute atomic E-state index is 12.9. The molecule has 4 heteroatoms. The van der Waals surface area contributed by atoms with Gasteiger partial charge in [-0.25, -0.2) is 8.78 Å². The Bertz CT molecular complexity index is 372. The Morgan fingerprint density at radius 2 is 1.60 bits per heavy atom. The van der Waals surface area contributed by atoms with E-state index in [1.807, 2.05) is 20.8 Å². The van der Waals surface area contributed by atoms with Crippen LogP contribution < -0.4 is 5.73 Å². The highest BCUT2D eigenvalue weighted by molar-refractivity contribution is 5.97. The molecule has 0 heterocycles. The molecule has 0 aliphatic rings. The molecule has 0 spiro atoms. The van der Waals surface area contributed by atoms with Crippen molar-refractivity contribution in [2.24, 2.45) is 10.7 Å². The van der Waals surface area contributed by atoms with Gasteiger partial charge >= 0.3 is 0 Å². The van der Waals surface area contributed by atoms with Crippen LogP contribution in [0, 0.1) is 11.6 Å². The molecule has 15 heavy (non-hydrogen) atoms. The number of aliphatic imine (C=N–C) groups is 1. The number of halogens is 2. The Kier molecular flexibility index (Phi) is 3.07. The maximum atomic E-state index is 12.9. The second-order valence-electron chi connectivity index (χ2n) is 4.33. The molecule has 0 unspecified atom stereocenters. The van der Waals surface area contributed by atoms with Gasteiger partial charge in [-0.2, -0.15) is 0 Å². The number of hydrogen-bond acceptors (Lipinski definition) is 1. The average molecular weight is 212 g/mol. The lowest BCUT2D eigenvalue weighted by Gasteiger charge is -2.13. The SMILES string of the molecule is CC(C)(C)N=C(N)c1cc(F)cc(F)c1. The van der Waals surface area contributed by atoms with Gasteiger partial charge in [-0.3, -0.25) is 4.99 Å². The Morgan fingerprint density at radius 1 is 1.13 bits per heavy atom. The minimum Gasteiger partial charge on any atom is -0.383 e. The van der Waals surface area contributed by atoms with E-state index in [9.17, 15) is 8.78 Å². The normalized spacial score (nSPS) is 13.0. The van der Waals surface area contributed by atoms with E-state index in [0.717, 1.165) is 18.2 Å². The van der Waals surface area contributed by atoms with E-state index in [-0.39, 0.29) is 16.9 Å². The summed E-state index contributed by atoms with van der Waals surface area (Å²) in [6.07, 6.45) is 0. The second-order valence-corrected chi connectivity index (χ2v) is 4.33. The van der Waals surface area contributed by atoms with Crippen molar-refractivity contribution in [2.45, 2.75) is 26.3 Å². The highest BCUT2D eigenvalue weighted by Gasteiger charge is 2.10. The summed E-state index contributed by atoms with van der Waals surface area (Å²) in [7, 11) is 0. The van der Waals surface area contributed by atoms with Crippen LogP contribution in [0.2, 0.25) is 0 Å². The van der Waals surface area contributed by atoms with Crippen LogP contribution in [0.4, 0.5) is 8.78 Å². The van der Waals surface area contributed by atoms with Gasteiger partial charge in [0.25, 0.3) is 0 Å². The molecule has 0 amide bonds. The van der Waals surface area contributed by atoms with Crippen molar-refractivity contribution >= 4 is 5.84 Å². The molecule has 1 rings (SSSR count). The van der Waals surface area contributed by atoms with E-state index in [1.54, 1.807) is 0 Å². The number of hydrogen-bond donors (Lipinski definition) is 1. The van der Waals surface area contributed by atoms with Gasteiger partial charge in [-0.1, -0.05) is 0 Å². The van der Waals surface area contributed by atoms with E-state index in [4.69, 9.17) is 5.73 Å². The fraction of sp³-hybridized carbons (Fsp3) is 0.364. The summed E-state index contributed by atoms with van der Waals surface area (Å²) >= 11 is 0. The van der Waals surface area contributed by atoms with Crippen molar-refractivity contribution < 1.29 is 8.78 Å². The monoisotopic (exact) mass is 212 g/mol. The van der Waals surface area contributed by atoms with Gasteiger partial charge in [0, 0.05) is 11.6 Å². The van der Waals surface area contributed by atoms with Gasteiger partial charge in [-0.05, 0) is 32.9 Å². The quantitative estimate of drug-likeness (QED) is 0.563. The molecular formula is C11H14F2N2. The Hall–Kier alpha value is -1.45. The van der Waals surface area contributed by atoms with Crippen LogP contribution in [0.3, 0.4) is 0 Å². The van der Waals surface area contributed by atoms with Crippen LogP contribution >= 0.6 is 0 Å². The van der Waals surface area contributed by atoms with E-state index >= 15 is 0 Å². The number of benzene rings is 1. The topological polar surface area (TPSA) is 38.4 Å². The molecule has 0 radical (unpaired) electrons. The maximum Gasteiger partial charge on any atom is 0.126 e. The molecule has 2 nitrogen and oxygen atoms in total. The molecule has 0 saturated heterocycles. The Labute approximate surface area is 87.8 Å². The van der Waals surface area contributed by atoms with Gasteiger partial charge in [0.1, 0.15) is 17.5 Å². The molecule has 0 atom stereocenters. The Morgan fingerprint density at radius 3 is 2.00 bits per heavy atom. The largest absolute Gasteiger partial charge is 0.383 e. The van der Waals surface area contributed by atoms with Gasteiger partial charge in [0.15, 0.2) is 0 Å². The van der Waals surface area contributed by atoms with Gasteiger partial charge in [-0.15, -0.1) is 0 Å². The summed E-state index contributed by atoms with van der Waals surface area (Å²) in [6.45, 7) is 5.57. The highest BCUT2D eigenvalue weighted by Crippen LogP contribution is 2.11. The third kappa shape index (κ3) is 3.65. The van der Waals surface area contributed by atoms with E-state index < -0.39 is 11.6 Å². The van der Waals surface area contributed by atoms with Crippen LogP contribution in [-0.4, -0.2) is 11.4 Å². The zero-order chi connectivity index (χ0) is 11.6. The molecule has 0 saturated carbocycles. The predicted octanol–water partition coefficient (Wildman–Crippen LogP) is 2.47. The number of amidine groups is 1. The van der Waals surface area contributed by atoms with Gasteiger partial charge < -0.3 is 5.73 Å². The average Bonchev–Trinajstić information content (AvgIpc) is 1.98. The molecule has 82 valence electrons. The first-order valence-electron chi connectivity index (χ1n) is 4.60. The zero-order valence-electron chi connectivity index (χ0n) is 9.01. The van der Waals surface area contributed by atoms with Crippen LogP contribution in [0.15, 0.2) is 23.2 Å². The minimum absolute atomic E-state index is 0.140. The lowest BCUT2D eigenvalue weighted by molar-refractivity contribution is 0.577. The molecule has 1 aromatic rings. The lowest BCUT2D eigenvalue weighted by atomic mass is 10.1. The number of nitrogens with two attached hydrogens (primary N) is 1. The standard InChI is InChI=1S/C11H14F2N2/c1-11(2,3)15-10(14)7-4-8(12)6-9(13)5-7/h4-6H,1-3H3,(H2,14,15). The fourth-order valence-electron chi connectivity index (χ4n) is 1.13. The van der Waals surface area contributed by atoms with Crippen LogP contribution in [0.5, 0.6) is 0 Å². The molecule has 1 aromatic carbocycles. The number of rotatable bonds is 1. The van der Waals surface area contributed by atoms with Gasteiger partial charge in [0.2, 0.25) is 0 Å². The second kappa shape index (κ2) is 3.96. The first kappa shape index (κ1) is 11.6. The molecule has 0 fully saturated rings. The van der Waals surface area contributed by atoms with Crippen molar-refractivity contribution in [2.75, 3.05) is 0 Å². The molecule has 0 aromatic heterocycles. The summed E-state index contributed by atoms with van der Waals surface area (Å²) < 4.78 is 25.7. The first-order valence-corrected chi connectivity index (χ1v) is 4.60. The summed E-state index contributed by atoms with van der Waals surface area (Å²) in [5.41, 5.74) is 5.53. The number of nitrogens with zero attached hydrogens (tertiary/aromatic N) is 1. The lowest BCUT2D eigenvalue weighted by Crippen LogP contribution is -2.21. The summed E-state index contributed by atoms with van der Waals surface area (Å²) in [6, 6.07) is 3.12. The summed E-state index contributed by atoms with van der Waals surface area (Å²) in [5.74, 6) is -1.17. The van der Waals surface area contributed by atoms with E-state index in [0.29, 0.717) is 0 Å².